The van der Waals surface area contributed by atoms with E-state index in [-0.39, 0.29) is 19.0 Å². The molecule has 3 rings (SSSR count). The third kappa shape index (κ3) is 6.09. The number of rotatable bonds is 10. The highest BCUT2D eigenvalue weighted by atomic mass is 16.5. The number of benzene rings is 3. The minimum atomic E-state index is -0.785. The van der Waals surface area contributed by atoms with Gasteiger partial charge in [0.15, 0.2) is 5.78 Å². The van der Waals surface area contributed by atoms with Gasteiger partial charge in [0.25, 0.3) is 0 Å². The molecule has 0 aromatic heterocycles. The molecule has 0 heterocycles. The van der Waals surface area contributed by atoms with Gasteiger partial charge in [0.05, 0.1) is 6.61 Å². The second-order valence-electron chi connectivity index (χ2n) is 6.40. The van der Waals surface area contributed by atoms with E-state index in [1.807, 2.05) is 37.3 Å². The summed E-state index contributed by atoms with van der Waals surface area (Å²) in [4.78, 5) is 12.4. The van der Waals surface area contributed by atoms with Crippen molar-refractivity contribution in [3.63, 3.8) is 0 Å². The van der Waals surface area contributed by atoms with Crippen molar-refractivity contribution in [1.82, 2.24) is 0 Å². The molecule has 0 amide bonds. The lowest BCUT2D eigenvalue weighted by Crippen LogP contribution is -2.25. The topological polar surface area (TPSA) is 65.0 Å². The first-order chi connectivity index (χ1) is 14.2. The van der Waals surface area contributed by atoms with Crippen LogP contribution in [0.4, 0.5) is 0 Å². The Balaban J connectivity index is 1.45. The SMILES string of the molecule is CCOc1ccc(OC[C@H](O)COc2ccc(C(=O)c3ccccc3)cc2)cc1. The Labute approximate surface area is 170 Å². The zero-order chi connectivity index (χ0) is 20.5. The fraction of sp³-hybridized carbons (Fsp3) is 0.208. The van der Waals surface area contributed by atoms with Crippen molar-refractivity contribution < 1.29 is 24.1 Å². The van der Waals surface area contributed by atoms with Crippen molar-refractivity contribution in [1.29, 1.82) is 0 Å². The Morgan fingerprint density at radius 1 is 0.724 bits per heavy atom. The van der Waals surface area contributed by atoms with Gasteiger partial charge < -0.3 is 19.3 Å². The summed E-state index contributed by atoms with van der Waals surface area (Å²) in [6, 6.07) is 23.2. The number of carbonyl (C=O) groups excluding carboxylic acids is 1. The maximum Gasteiger partial charge on any atom is 0.193 e. The van der Waals surface area contributed by atoms with E-state index in [1.165, 1.54) is 0 Å². The molecule has 1 atom stereocenters. The second kappa shape index (κ2) is 10.3. The molecule has 5 nitrogen and oxygen atoms in total. The number of ether oxygens (including phenoxy) is 3. The fourth-order valence-corrected chi connectivity index (χ4v) is 2.69. The molecule has 150 valence electrons. The third-order valence-electron chi connectivity index (χ3n) is 4.17. The van der Waals surface area contributed by atoms with Crippen LogP contribution in [0, 0.1) is 0 Å². The highest BCUT2D eigenvalue weighted by molar-refractivity contribution is 6.08. The molecule has 0 spiro atoms. The van der Waals surface area contributed by atoms with Gasteiger partial charge in [0.2, 0.25) is 0 Å². The summed E-state index contributed by atoms with van der Waals surface area (Å²) in [6.45, 7) is 2.73. The van der Waals surface area contributed by atoms with Gasteiger partial charge in [-0.2, -0.15) is 0 Å². The average Bonchev–Trinajstić information content (AvgIpc) is 2.78. The van der Waals surface area contributed by atoms with Crippen LogP contribution in [-0.4, -0.2) is 36.8 Å². The zero-order valence-corrected chi connectivity index (χ0v) is 16.3. The van der Waals surface area contributed by atoms with Gasteiger partial charge in [0.1, 0.15) is 36.6 Å². The molecule has 0 aliphatic heterocycles. The summed E-state index contributed by atoms with van der Waals surface area (Å²) >= 11 is 0. The van der Waals surface area contributed by atoms with E-state index < -0.39 is 6.10 Å². The summed E-state index contributed by atoms with van der Waals surface area (Å²) < 4.78 is 16.5. The lowest BCUT2D eigenvalue weighted by molar-refractivity contribution is 0.0626. The van der Waals surface area contributed by atoms with Crippen molar-refractivity contribution in [3.05, 3.63) is 90.0 Å². The van der Waals surface area contributed by atoms with E-state index in [0.29, 0.717) is 29.2 Å². The maximum atomic E-state index is 12.4. The molecule has 3 aromatic carbocycles. The number of ketones is 1. The highest BCUT2D eigenvalue weighted by Crippen LogP contribution is 2.18. The number of aliphatic hydroxyl groups is 1. The van der Waals surface area contributed by atoms with Crippen molar-refractivity contribution in [3.8, 4) is 17.2 Å². The molecular weight excluding hydrogens is 368 g/mol. The Kier molecular flexibility index (Phi) is 7.25. The molecule has 0 unspecified atom stereocenters. The van der Waals surface area contributed by atoms with Gasteiger partial charge in [0, 0.05) is 11.1 Å². The van der Waals surface area contributed by atoms with E-state index in [2.05, 4.69) is 0 Å². The molecule has 0 aliphatic rings. The fourth-order valence-electron chi connectivity index (χ4n) is 2.69. The summed E-state index contributed by atoms with van der Waals surface area (Å²) in [5, 5.41) is 10.1. The largest absolute Gasteiger partial charge is 0.494 e. The molecule has 3 aromatic rings. The first-order valence-corrected chi connectivity index (χ1v) is 9.52. The van der Waals surface area contributed by atoms with Gasteiger partial charge >= 0.3 is 0 Å². The molecule has 0 aliphatic carbocycles. The van der Waals surface area contributed by atoms with Crippen LogP contribution < -0.4 is 14.2 Å². The van der Waals surface area contributed by atoms with Crippen molar-refractivity contribution in [2.75, 3.05) is 19.8 Å². The summed E-state index contributed by atoms with van der Waals surface area (Å²) in [5.41, 5.74) is 1.23. The number of hydrogen-bond donors (Lipinski definition) is 1. The van der Waals surface area contributed by atoms with Crippen LogP contribution in [0.25, 0.3) is 0 Å². The summed E-state index contributed by atoms with van der Waals surface area (Å²) in [7, 11) is 0. The van der Waals surface area contributed by atoms with Crippen LogP contribution in [0.2, 0.25) is 0 Å². The predicted octanol–water partition coefficient (Wildman–Crippen LogP) is 4.14. The molecule has 0 saturated heterocycles. The van der Waals surface area contributed by atoms with Crippen LogP contribution in [0.15, 0.2) is 78.9 Å². The highest BCUT2D eigenvalue weighted by Gasteiger charge is 2.10. The van der Waals surface area contributed by atoms with Crippen molar-refractivity contribution in [2.24, 2.45) is 0 Å². The van der Waals surface area contributed by atoms with Gasteiger partial charge in [-0.1, -0.05) is 30.3 Å². The normalized spacial score (nSPS) is 11.5. The van der Waals surface area contributed by atoms with Crippen molar-refractivity contribution >= 4 is 5.78 Å². The van der Waals surface area contributed by atoms with Crippen LogP contribution in [0.1, 0.15) is 22.8 Å². The van der Waals surface area contributed by atoms with E-state index in [0.717, 1.165) is 5.75 Å². The quantitative estimate of drug-likeness (QED) is 0.526. The Hall–Kier alpha value is -3.31. The van der Waals surface area contributed by atoms with Gasteiger partial charge in [-0.25, -0.2) is 0 Å². The number of aliphatic hydroxyl groups excluding tert-OH is 1. The molecule has 29 heavy (non-hydrogen) atoms. The molecule has 5 heteroatoms. The molecule has 0 saturated carbocycles. The first-order valence-electron chi connectivity index (χ1n) is 9.52. The van der Waals surface area contributed by atoms with E-state index in [1.54, 1.807) is 48.5 Å². The predicted molar refractivity (Wildman–Crippen MR) is 111 cm³/mol. The van der Waals surface area contributed by atoms with Crippen molar-refractivity contribution in [2.45, 2.75) is 13.0 Å². The summed E-state index contributed by atoms with van der Waals surface area (Å²) in [5.74, 6) is 1.96. The lowest BCUT2D eigenvalue weighted by Gasteiger charge is -2.14. The smallest absolute Gasteiger partial charge is 0.193 e. The van der Waals surface area contributed by atoms with E-state index in [9.17, 15) is 9.90 Å². The molecule has 0 radical (unpaired) electrons. The zero-order valence-electron chi connectivity index (χ0n) is 16.3. The molecule has 0 fully saturated rings. The second-order valence-corrected chi connectivity index (χ2v) is 6.40. The monoisotopic (exact) mass is 392 g/mol. The van der Waals surface area contributed by atoms with E-state index >= 15 is 0 Å². The van der Waals surface area contributed by atoms with E-state index in [4.69, 9.17) is 14.2 Å². The average molecular weight is 392 g/mol. The van der Waals surface area contributed by atoms with Gasteiger partial charge in [-0.3, -0.25) is 4.79 Å². The Morgan fingerprint density at radius 3 is 1.69 bits per heavy atom. The molecular formula is C24H24O5. The standard InChI is InChI=1S/C24H24O5/c1-2-27-21-12-14-23(15-13-21)29-17-20(25)16-28-22-10-8-19(9-11-22)24(26)18-6-4-3-5-7-18/h3-15,20,25H,2,16-17H2,1H3/t20-/m1/s1. The van der Waals surface area contributed by atoms with Gasteiger partial charge in [-0.15, -0.1) is 0 Å². The Bertz CT molecular complexity index is 889. The maximum absolute atomic E-state index is 12.4. The number of carbonyl (C=O) groups is 1. The first kappa shape index (κ1) is 20.4. The van der Waals surface area contributed by atoms with Crippen LogP contribution in [0.3, 0.4) is 0 Å². The van der Waals surface area contributed by atoms with Crippen LogP contribution in [0.5, 0.6) is 17.2 Å². The molecule has 0 bridgehead atoms. The number of hydrogen-bond acceptors (Lipinski definition) is 5. The Morgan fingerprint density at radius 2 is 1.17 bits per heavy atom. The minimum Gasteiger partial charge on any atom is -0.494 e. The lowest BCUT2D eigenvalue weighted by atomic mass is 10.0. The summed E-state index contributed by atoms with van der Waals surface area (Å²) in [6.07, 6.45) is -0.785. The van der Waals surface area contributed by atoms with Crippen LogP contribution >= 0.6 is 0 Å². The third-order valence-corrected chi connectivity index (χ3v) is 4.17. The molecule has 1 N–H and O–H groups in total. The van der Waals surface area contributed by atoms with Gasteiger partial charge in [-0.05, 0) is 55.5 Å². The minimum absolute atomic E-state index is 0.0408. The van der Waals surface area contributed by atoms with Crippen LogP contribution in [-0.2, 0) is 0 Å².